The number of amides is 1. The van der Waals surface area contributed by atoms with E-state index in [2.05, 4.69) is 52.2 Å². The van der Waals surface area contributed by atoms with Gasteiger partial charge in [0.25, 0.3) is 0 Å². The number of nitrogens with zero attached hydrogens (tertiary/aromatic N) is 5. The van der Waals surface area contributed by atoms with Crippen LogP contribution in [0.2, 0.25) is 0 Å². The Bertz CT molecular complexity index is 1390. The fourth-order valence-electron chi connectivity index (χ4n) is 6.45. The molecule has 0 radical (unpaired) electrons. The number of hydrogen-bond acceptors (Lipinski definition) is 6. The zero-order valence-electron chi connectivity index (χ0n) is 24.2. The number of carbonyl (C=O) groups excluding carboxylic acids is 1. The highest BCUT2D eigenvalue weighted by Crippen LogP contribution is 2.31. The van der Waals surface area contributed by atoms with Crippen molar-refractivity contribution >= 4 is 16.7 Å². The first-order valence-electron chi connectivity index (χ1n) is 15.2. The summed E-state index contributed by atoms with van der Waals surface area (Å²) < 4.78 is 14.1. The second kappa shape index (κ2) is 12.7. The van der Waals surface area contributed by atoms with Gasteiger partial charge >= 0.3 is 0 Å². The minimum Gasteiger partial charge on any atom is -0.377 e. The molecule has 3 saturated heterocycles. The number of rotatable bonds is 7. The van der Waals surface area contributed by atoms with Crippen molar-refractivity contribution in [2.75, 3.05) is 39.3 Å². The molecule has 2 aromatic carbocycles. The van der Waals surface area contributed by atoms with Crippen LogP contribution in [0.15, 0.2) is 48.7 Å². The summed E-state index contributed by atoms with van der Waals surface area (Å²) in [5, 5.41) is 11.0. The highest BCUT2D eigenvalue weighted by molar-refractivity contribution is 5.88. The topological polar surface area (TPSA) is 72.7 Å². The minimum absolute atomic E-state index is 0.0255. The average Bonchev–Trinajstić information content (AvgIpc) is 3.79. The van der Waals surface area contributed by atoms with E-state index >= 15 is 0 Å². The summed E-state index contributed by atoms with van der Waals surface area (Å²) in [6, 6.07) is 14.6. The van der Waals surface area contributed by atoms with Crippen molar-refractivity contribution < 1.29 is 14.3 Å². The normalized spacial score (nSPS) is 24.7. The highest BCUT2D eigenvalue weighted by Gasteiger charge is 2.36. The van der Waals surface area contributed by atoms with E-state index in [0.717, 1.165) is 76.0 Å². The average molecular weight is 556 g/mol. The third-order valence-electron chi connectivity index (χ3n) is 8.94. The second-order valence-corrected chi connectivity index (χ2v) is 11.9. The zero-order chi connectivity index (χ0) is 28.2. The van der Waals surface area contributed by atoms with E-state index in [4.69, 9.17) is 9.47 Å². The van der Waals surface area contributed by atoms with Crippen molar-refractivity contribution in [1.29, 1.82) is 0 Å². The Balaban J connectivity index is 0.979. The molecule has 3 aliphatic rings. The van der Waals surface area contributed by atoms with Crippen LogP contribution in [0, 0.1) is 17.8 Å². The molecule has 0 N–H and O–H groups in total. The van der Waals surface area contributed by atoms with Crippen molar-refractivity contribution in [3.8, 4) is 11.8 Å². The summed E-state index contributed by atoms with van der Waals surface area (Å²) in [7, 11) is 0. The predicted molar refractivity (Wildman–Crippen MR) is 158 cm³/mol. The monoisotopic (exact) mass is 555 g/mol. The maximum atomic E-state index is 13.3. The number of piperazine rings is 1. The molecule has 8 nitrogen and oxygen atoms in total. The van der Waals surface area contributed by atoms with Gasteiger partial charge in [-0.15, -0.1) is 5.10 Å². The van der Waals surface area contributed by atoms with Gasteiger partial charge in [0.1, 0.15) is 0 Å². The molecule has 3 aromatic rings. The second-order valence-electron chi connectivity index (χ2n) is 11.9. The summed E-state index contributed by atoms with van der Waals surface area (Å²) in [5.74, 6) is 6.55. The van der Waals surface area contributed by atoms with E-state index < -0.39 is 0 Å². The van der Waals surface area contributed by atoms with Crippen molar-refractivity contribution in [3.05, 3.63) is 59.9 Å². The maximum absolute atomic E-state index is 13.3. The molecule has 3 aliphatic heterocycles. The molecule has 0 aliphatic carbocycles. The summed E-state index contributed by atoms with van der Waals surface area (Å²) in [5.41, 5.74) is 1.64. The van der Waals surface area contributed by atoms with Gasteiger partial charge in [0.15, 0.2) is 5.69 Å². The van der Waals surface area contributed by atoms with E-state index in [1.165, 1.54) is 11.8 Å². The van der Waals surface area contributed by atoms with E-state index in [1.54, 1.807) is 0 Å². The van der Waals surface area contributed by atoms with Crippen LogP contribution in [-0.4, -0.2) is 88.3 Å². The summed E-state index contributed by atoms with van der Waals surface area (Å²) in [6.45, 7) is 9.50. The van der Waals surface area contributed by atoms with Crippen molar-refractivity contribution in [3.63, 3.8) is 0 Å². The van der Waals surface area contributed by atoms with Crippen LogP contribution in [0.4, 0.5) is 0 Å². The Labute approximate surface area is 243 Å². The predicted octanol–water partition coefficient (Wildman–Crippen LogP) is 4.29. The molecular weight excluding hydrogens is 514 g/mol. The first-order valence-corrected chi connectivity index (χ1v) is 15.2. The molecule has 0 bridgehead atoms. The molecule has 41 heavy (non-hydrogen) atoms. The standard InChI is InChI=1S/C33H41N5O3/c1-24(38-22-28(34-35-38)13-12-27-9-5-8-26-7-3-4-11-31(26)27)21-29-14-15-32(41-29)25(2)33(39)37-18-16-36(17-19-37)23-30-10-6-20-40-30/h3-5,7-9,11,22,24-25,29-30,32H,6,10,14-21,23H2,1-2H3/t24-,25-,29+,30?,32-/m1/s1. The fraction of sp³-hybridized carbons (Fsp3) is 0.545. The largest absolute Gasteiger partial charge is 0.377 e. The van der Waals surface area contributed by atoms with Gasteiger partial charge in [-0.05, 0) is 61.8 Å². The van der Waals surface area contributed by atoms with Crippen LogP contribution in [0.1, 0.15) is 63.3 Å². The quantitative estimate of drug-likeness (QED) is 0.405. The smallest absolute Gasteiger partial charge is 0.228 e. The fourth-order valence-corrected chi connectivity index (χ4v) is 6.45. The SMILES string of the molecule is C[C@H](C[C@@H]1CC[C@H]([C@@H](C)C(=O)N2CCN(CC3CCCO3)CC2)O1)n1cc(C#Cc2cccc3ccccc23)nn1. The molecule has 6 rings (SSSR count). The zero-order valence-corrected chi connectivity index (χ0v) is 24.2. The molecular formula is C33H41N5O3. The number of ether oxygens (including phenoxy) is 2. The van der Waals surface area contributed by atoms with Gasteiger partial charge < -0.3 is 14.4 Å². The van der Waals surface area contributed by atoms with Gasteiger partial charge in [-0.25, -0.2) is 4.68 Å². The maximum Gasteiger partial charge on any atom is 0.228 e. The van der Waals surface area contributed by atoms with Crippen LogP contribution in [0.25, 0.3) is 10.8 Å². The Morgan fingerprint density at radius 3 is 2.66 bits per heavy atom. The van der Waals surface area contributed by atoms with E-state index in [1.807, 2.05) is 47.0 Å². The highest BCUT2D eigenvalue weighted by atomic mass is 16.5. The minimum atomic E-state index is -0.123. The molecule has 216 valence electrons. The van der Waals surface area contributed by atoms with E-state index in [0.29, 0.717) is 11.8 Å². The molecule has 8 heteroatoms. The first kappa shape index (κ1) is 27.9. The summed E-state index contributed by atoms with van der Waals surface area (Å²) >= 11 is 0. The Kier molecular flexibility index (Phi) is 8.66. The van der Waals surface area contributed by atoms with Gasteiger partial charge in [-0.2, -0.15) is 0 Å². The molecule has 1 amide bonds. The number of carbonyl (C=O) groups is 1. The number of fused-ring (bicyclic) bond motifs is 1. The van der Waals surface area contributed by atoms with Crippen LogP contribution in [-0.2, 0) is 14.3 Å². The summed E-state index contributed by atoms with van der Waals surface area (Å²) in [4.78, 5) is 17.8. The third-order valence-corrected chi connectivity index (χ3v) is 8.94. The molecule has 4 heterocycles. The molecule has 5 atom stereocenters. The van der Waals surface area contributed by atoms with E-state index in [-0.39, 0.29) is 30.1 Å². The molecule has 1 aromatic heterocycles. The van der Waals surface area contributed by atoms with Gasteiger partial charge in [0.05, 0.1) is 36.5 Å². The van der Waals surface area contributed by atoms with Gasteiger partial charge in [0, 0.05) is 44.9 Å². The van der Waals surface area contributed by atoms with Crippen molar-refractivity contribution in [2.24, 2.45) is 5.92 Å². The van der Waals surface area contributed by atoms with Crippen molar-refractivity contribution in [2.45, 2.75) is 70.3 Å². The number of benzene rings is 2. The van der Waals surface area contributed by atoms with Gasteiger partial charge in [0.2, 0.25) is 5.91 Å². The van der Waals surface area contributed by atoms with Gasteiger partial charge in [-0.1, -0.05) is 54.5 Å². The molecule has 0 saturated carbocycles. The number of aromatic nitrogens is 3. The number of hydrogen-bond donors (Lipinski definition) is 0. The van der Waals surface area contributed by atoms with E-state index in [9.17, 15) is 4.79 Å². The Hall–Kier alpha value is -3.25. The van der Waals surface area contributed by atoms with Crippen LogP contribution >= 0.6 is 0 Å². The Morgan fingerprint density at radius 1 is 1.00 bits per heavy atom. The molecule has 0 spiro atoms. The summed E-state index contributed by atoms with van der Waals surface area (Å²) in [6.07, 6.45) is 7.42. The van der Waals surface area contributed by atoms with Crippen LogP contribution in [0.3, 0.4) is 0 Å². The third kappa shape index (κ3) is 6.64. The lowest BCUT2D eigenvalue weighted by molar-refractivity contribution is -0.141. The first-order chi connectivity index (χ1) is 20.0. The van der Waals surface area contributed by atoms with Gasteiger partial charge in [-0.3, -0.25) is 9.69 Å². The van der Waals surface area contributed by atoms with Crippen LogP contribution in [0.5, 0.6) is 0 Å². The molecule has 3 fully saturated rings. The lowest BCUT2D eigenvalue weighted by Crippen LogP contribution is -2.52. The lowest BCUT2D eigenvalue weighted by Gasteiger charge is -2.37. The van der Waals surface area contributed by atoms with Crippen molar-refractivity contribution in [1.82, 2.24) is 24.8 Å². The Morgan fingerprint density at radius 2 is 1.83 bits per heavy atom. The van der Waals surface area contributed by atoms with Crippen LogP contribution < -0.4 is 0 Å². The molecule has 1 unspecified atom stereocenters. The lowest BCUT2D eigenvalue weighted by atomic mass is 9.99.